The summed E-state index contributed by atoms with van der Waals surface area (Å²) in [6.07, 6.45) is 2.17. The van der Waals surface area contributed by atoms with Crippen molar-refractivity contribution in [2.45, 2.75) is 38.8 Å². The fourth-order valence-electron chi connectivity index (χ4n) is 2.13. The number of rotatable bonds is 3. The number of aryl methyl sites for hydroxylation is 2. The lowest BCUT2D eigenvalue weighted by molar-refractivity contribution is 0.0444. The fourth-order valence-corrected chi connectivity index (χ4v) is 2.13. The van der Waals surface area contributed by atoms with Crippen molar-refractivity contribution < 1.29 is 4.74 Å². The molecular formula is C12H21N3O. The molecule has 1 aliphatic rings. The van der Waals surface area contributed by atoms with Gasteiger partial charge in [-0.2, -0.15) is 5.10 Å². The number of hydrogen-bond acceptors (Lipinski definition) is 3. The Kier molecular flexibility index (Phi) is 3.30. The van der Waals surface area contributed by atoms with Crippen LogP contribution < -0.4 is 5.32 Å². The second kappa shape index (κ2) is 4.55. The van der Waals surface area contributed by atoms with Crippen molar-refractivity contribution in [3.63, 3.8) is 0 Å². The first-order valence-corrected chi connectivity index (χ1v) is 5.91. The lowest BCUT2D eigenvalue weighted by Gasteiger charge is -2.34. The second-order valence-electron chi connectivity index (χ2n) is 4.93. The number of nitrogens with zero attached hydrogens (tertiary/aromatic N) is 2. The van der Waals surface area contributed by atoms with E-state index in [0.717, 1.165) is 38.3 Å². The summed E-state index contributed by atoms with van der Waals surface area (Å²) in [4.78, 5) is 0. The van der Waals surface area contributed by atoms with Gasteiger partial charge in [0, 0.05) is 32.3 Å². The van der Waals surface area contributed by atoms with Crippen LogP contribution in [-0.4, -0.2) is 28.5 Å². The zero-order chi connectivity index (χ0) is 11.6. The average molecular weight is 223 g/mol. The molecule has 4 nitrogen and oxygen atoms in total. The Balaban J connectivity index is 1.93. The second-order valence-corrected chi connectivity index (χ2v) is 4.93. The quantitative estimate of drug-likeness (QED) is 0.841. The van der Waals surface area contributed by atoms with E-state index in [1.54, 1.807) is 0 Å². The molecule has 2 rings (SSSR count). The Labute approximate surface area is 97.0 Å². The van der Waals surface area contributed by atoms with Crippen LogP contribution in [0.3, 0.4) is 0 Å². The molecule has 16 heavy (non-hydrogen) atoms. The van der Waals surface area contributed by atoms with Gasteiger partial charge in [-0.15, -0.1) is 0 Å². The molecule has 1 aliphatic heterocycles. The van der Waals surface area contributed by atoms with Crippen molar-refractivity contribution in [3.8, 4) is 0 Å². The van der Waals surface area contributed by atoms with Gasteiger partial charge in [-0.1, -0.05) is 0 Å². The van der Waals surface area contributed by atoms with Gasteiger partial charge < -0.3 is 10.1 Å². The average Bonchev–Trinajstić information content (AvgIpc) is 2.56. The van der Waals surface area contributed by atoms with Crippen LogP contribution in [0.5, 0.6) is 0 Å². The maximum atomic E-state index is 5.39. The Morgan fingerprint density at radius 2 is 2.19 bits per heavy atom. The van der Waals surface area contributed by atoms with Gasteiger partial charge in [-0.05, 0) is 32.8 Å². The highest BCUT2D eigenvalue weighted by Gasteiger charge is 2.26. The minimum Gasteiger partial charge on any atom is -0.381 e. The third kappa shape index (κ3) is 2.62. The van der Waals surface area contributed by atoms with Gasteiger partial charge in [0.2, 0.25) is 0 Å². The molecule has 0 radical (unpaired) electrons. The third-order valence-corrected chi connectivity index (χ3v) is 3.39. The lowest BCUT2D eigenvalue weighted by Crippen LogP contribution is -2.46. The van der Waals surface area contributed by atoms with E-state index in [4.69, 9.17) is 4.74 Å². The first kappa shape index (κ1) is 11.6. The number of ether oxygens (including phenoxy) is 1. The first-order valence-electron chi connectivity index (χ1n) is 5.91. The molecule has 0 bridgehead atoms. The van der Waals surface area contributed by atoms with Crippen LogP contribution in [0.25, 0.3) is 0 Å². The fraction of sp³-hybridized carbons (Fsp3) is 0.750. The lowest BCUT2D eigenvalue weighted by atomic mass is 9.92. The van der Waals surface area contributed by atoms with Crippen LogP contribution in [0.2, 0.25) is 0 Å². The molecule has 2 heterocycles. The van der Waals surface area contributed by atoms with Crippen molar-refractivity contribution in [2.24, 2.45) is 7.05 Å². The minimum atomic E-state index is 0.219. The van der Waals surface area contributed by atoms with Gasteiger partial charge in [-0.3, -0.25) is 4.68 Å². The van der Waals surface area contributed by atoms with E-state index in [-0.39, 0.29) is 5.54 Å². The van der Waals surface area contributed by atoms with Crippen LogP contribution in [0, 0.1) is 6.92 Å². The topological polar surface area (TPSA) is 39.1 Å². The molecule has 0 aromatic carbocycles. The van der Waals surface area contributed by atoms with E-state index in [0.29, 0.717) is 0 Å². The molecular weight excluding hydrogens is 202 g/mol. The first-order chi connectivity index (χ1) is 7.59. The van der Waals surface area contributed by atoms with E-state index < -0.39 is 0 Å². The van der Waals surface area contributed by atoms with Crippen molar-refractivity contribution in [2.75, 3.05) is 13.2 Å². The molecule has 0 unspecified atom stereocenters. The highest BCUT2D eigenvalue weighted by molar-refractivity contribution is 5.08. The van der Waals surface area contributed by atoms with Crippen molar-refractivity contribution in [3.05, 3.63) is 17.5 Å². The molecule has 0 atom stereocenters. The van der Waals surface area contributed by atoms with E-state index >= 15 is 0 Å². The van der Waals surface area contributed by atoms with Crippen molar-refractivity contribution in [1.29, 1.82) is 0 Å². The summed E-state index contributed by atoms with van der Waals surface area (Å²) < 4.78 is 7.34. The summed E-state index contributed by atoms with van der Waals surface area (Å²) in [6, 6.07) is 2.13. The number of aromatic nitrogens is 2. The molecule has 0 spiro atoms. The molecule has 1 saturated heterocycles. The normalized spacial score (nSPS) is 19.9. The van der Waals surface area contributed by atoms with Crippen LogP contribution in [0.4, 0.5) is 0 Å². The summed E-state index contributed by atoms with van der Waals surface area (Å²) in [5.41, 5.74) is 2.54. The van der Waals surface area contributed by atoms with Gasteiger partial charge in [0.25, 0.3) is 0 Å². The zero-order valence-corrected chi connectivity index (χ0v) is 10.4. The summed E-state index contributed by atoms with van der Waals surface area (Å²) >= 11 is 0. The predicted octanol–water partition coefficient (Wildman–Crippen LogP) is 1.39. The Morgan fingerprint density at radius 3 is 2.75 bits per heavy atom. The number of nitrogens with one attached hydrogen (secondary N) is 1. The molecule has 1 N–H and O–H groups in total. The van der Waals surface area contributed by atoms with E-state index in [1.165, 1.54) is 5.69 Å². The van der Waals surface area contributed by atoms with Crippen LogP contribution >= 0.6 is 0 Å². The van der Waals surface area contributed by atoms with Gasteiger partial charge in [0.15, 0.2) is 0 Å². The summed E-state index contributed by atoms with van der Waals surface area (Å²) in [7, 11) is 2.00. The van der Waals surface area contributed by atoms with Gasteiger partial charge in [0.05, 0.1) is 11.4 Å². The van der Waals surface area contributed by atoms with E-state index in [2.05, 4.69) is 23.4 Å². The van der Waals surface area contributed by atoms with Crippen molar-refractivity contribution in [1.82, 2.24) is 15.1 Å². The summed E-state index contributed by atoms with van der Waals surface area (Å²) in [5, 5.41) is 7.98. The van der Waals surface area contributed by atoms with E-state index in [1.807, 2.05) is 18.7 Å². The smallest absolute Gasteiger partial charge is 0.0597 e. The Hall–Kier alpha value is -0.870. The van der Waals surface area contributed by atoms with Crippen LogP contribution in [0.1, 0.15) is 31.2 Å². The van der Waals surface area contributed by atoms with E-state index in [9.17, 15) is 0 Å². The van der Waals surface area contributed by atoms with Crippen LogP contribution in [-0.2, 0) is 18.3 Å². The molecule has 90 valence electrons. The zero-order valence-electron chi connectivity index (χ0n) is 10.4. The third-order valence-electron chi connectivity index (χ3n) is 3.39. The monoisotopic (exact) mass is 223 g/mol. The maximum Gasteiger partial charge on any atom is 0.0597 e. The number of hydrogen-bond donors (Lipinski definition) is 1. The molecule has 1 aromatic heterocycles. The molecule has 1 fully saturated rings. The molecule has 0 saturated carbocycles. The largest absolute Gasteiger partial charge is 0.381 e. The summed E-state index contributed by atoms with van der Waals surface area (Å²) in [5.74, 6) is 0. The SMILES string of the molecule is Cc1cc(CNC2(C)CCOCC2)n(C)n1. The van der Waals surface area contributed by atoms with Crippen molar-refractivity contribution >= 4 is 0 Å². The Morgan fingerprint density at radius 1 is 1.50 bits per heavy atom. The molecule has 4 heteroatoms. The van der Waals surface area contributed by atoms with Gasteiger partial charge >= 0.3 is 0 Å². The Bertz CT molecular complexity index is 353. The highest BCUT2D eigenvalue weighted by atomic mass is 16.5. The standard InChI is InChI=1S/C12H21N3O/c1-10-8-11(15(3)14-10)9-13-12(2)4-6-16-7-5-12/h8,13H,4-7,9H2,1-3H3. The summed E-state index contributed by atoms with van der Waals surface area (Å²) in [6.45, 7) is 6.92. The maximum absolute atomic E-state index is 5.39. The van der Waals surface area contributed by atoms with Gasteiger partial charge in [0.1, 0.15) is 0 Å². The molecule has 0 aliphatic carbocycles. The van der Waals surface area contributed by atoms with Crippen LogP contribution in [0.15, 0.2) is 6.07 Å². The molecule has 0 amide bonds. The molecule has 1 aromatic rings. The predicted molar refractivity (Wildman–Crippen MR) is 63.2 cm³/mol. The minimum absolute atomic E-state index is 0.219. The van der Waals surface area contributed by atoms with Gasteiger partial charge in [-0.25, -0.2) is 0 Å². The highest BCUT2D eigenvalue weighted by Crippen LogP contribution is 2.20.